The number of likely N-dealkylation sites (tertiary alicyclic amines) is 1. The van der Waals surface area contributed by atoms with Gasteiger partial charge in [-0.2, -0.15) is 0 Å². The Morgan fingerprint density at radius 2 is 2.38 bits per heavy atom. The monoisotopic (exact) mass is 113 g/mol. The second kappa shape index (κ2) is 1.77. The molecule has 1 heterocycles. The minimum atomic E-state index is 0.278. The van der Waals surface area contributed by atoms with E-state index in [4.69, 9.17) is 0 Å². The number of carbonyl (C=O) groups is 1. The van der Waals surface area contributed by atoms with Crippen molar-refractivity contribution in [1.29, 1.82) is 0 Å². The third kappa shape index (κ3) is 0.703. The van der Waals surface area contributed by atoms with E-state index in [9.17, 15) is 4.79 Å². The second-order valence-corrected chi connectivity index (χ2v) is 2.45. The van der Waals surface area contributed by atoms with Crippen molar-refractivity contribution in [3.8, 4) is 0 Å². The quantitative estimate of drug-likeness (QED) is 0.447. The maximum atomic E-state index is 10.8. The third-order valence-corrected chi connectivity index (χ3v) is 1.70. The Balaban J connectivity index is 2.57. The molecule has 0 spiro atoms. The summed E-state index contributed by atoms with van der Waals surface area (Å²) in [5, 5.41) is 0. The van der Waals surface area contributed by atoms with E-state index in [1.54, 1.807) is 4.90 Å². The highest BCUT2D eigenvalue weighted by molar-refractivity contribution is 5.80. The van der Waals surface area contributed by atoms with E-state index in [2.05, 4.69) is 0 Å². The predicted molar refractivity (Wildman–Crippen MR) is 31.4 cm³/mol. The summed E-state index contributed by atoms with van der Waals surface area (Å²) in [4.78, 5) is 12.6. The molecular formula is C6H11NO. The second-order valence-electron chi connectivity index (χ2n) is 2.45. The summed E-state index contributed by atoms with van der Waals surface area (Å²) in [5.74, 6) is 0.574. The topological polar surface area (TPSA) is 20.3 Å². The van der Waals surface area contributed by atoms with E-state index in [0.29, 0.717) is 5.91 Å². The molecule has 46 valence electrons. The van der Waals surface area contributed by atoms with Crippen LogP contribution in [0.1, 0.15) is 13.3 Å². The zero-order valence-electron chi connectivity index (χ0n) is 5.35. The molecule has 0 N–H and O–H groups in total. The SMILES string of the molecule is C[C@@H]1CCN(C)C1=O. The standard InChI is InChI=1S/C6H11NO/c1-5-3-4-7(2)6(5)8/h5H,3-4H2,1-2H3/t5-/m1/s1. The van der Waals surface area contributed by atoms with Gasteiger partial charge in [0.1, 0.15) is 0 Å². The third-order valence-electron chi connectivity index (χ3n) is 1.70. The molecule has 1 aliphatic rings. The Hall–Kier alpha value is -0.530. The average molecular weight is 113 g/mol. The molecule has 2 heteroatoms. The van der Waals surface area contributed by atoms with E-state index in [1.165, 1.54) is 0 Å². The molecule has 2 nitrogen and oxygen atoms in total. The number of carbonyl (C=O) groups excluding carboxylic acids is 1. The molecule has 1 atom stereocenters. The van der Waals surface area contributed by atoms with Crippen LogP contribution in [-0.2, 0) is 4.79 Å². The average Bonchev–Trinajstić information content (AvgIpc) is 1.98. The lowest BCUT2D eigenvalue weighted by Gasteiger charge is -2.05. The summed E-state index contributed by atoms with van der Waals surface area (Å²) >= 11 is 0. The van der Waals surface area contributed by atoms with Crippen molar-refractivity contribution in [2.24, 2.45) is 5.92 Å². The minimum Gasteiger partial charge on any atom is -0.346 e. The molecule has 0 unspecified atom stereocenters. The number of nitrogens with zero attached hydrogens (tertiary/aromatic N) is 1. The van der Waals surface area contributed by atoms with Gasteiger partial charge in [-0.1, -0.05) is 6.92 Å². The zero-order valence-corrected chi connectivity index (χ0v) is 5.35. The van der Waals surface area contributed by atoms with Crippen LogP contribution >= 0.6 is 0 Å². The highest BCUT2D eigenvalue weighted by Crippen LogP contribution is 2.13. The van der Waals surface area contributed by atoms with E-state index in [-0.39, 0.29) is 5.92 Å². The maximum Gasteiger partial charge on any atom is 0.225 e. The summed E-state index contributed by atoms with van der Waals surface area (Å²) in [5.41, 5.74) is 0. The van der Waals surface area contributed by atoms with Crippen LogP contribution in [0.3, 0.4) is 0 Å². The van der Waals surface area contributed by atoms with E-state index >= 15 is 0 Å². The lowest BCUT2D eigenvalue weighted by atomic mass is 10.1. The van der Waals surface area contributed by atoms with Gasteiger partial charge in [0.25, 0.3) is 0 Å². The van der Waals surface area contributed by atoms with Crippen molar-refractivity contribution in [3.63, 3.8) is 0 Å². The summed E-state index contributed by atoms with van der Waals surface area (Å²) in [6.45, 7) is 2.92. The highest BCUT2D eigenvalue weighted by Gasteiger charge is 2.23. The van der Waals surface area contributed by atoms with Crippen molar-refractivity contribution >= 4 is 5.91 Å². The van der Waals surface area contributed by atoms with E-state index in [1.807, 2.05) is 14.0 Å². The Kier molecular flexibility index (Phi) is 1.24. The summed E-state index contributed by atoms with van der Waals surface area (Å²) in [6.07, 6.45) is 1.04. The fourth-order valence-corrected chi connectivity index (χ4v) is 0.997. The van der Waals surface area contributed by atoms with Gasteiger partial charge in [-0.25, -0.2) is 0 Å². The van der Waals surface area contributed by atoms with Gasteiger partial charge in [-0.15, -0.1) is 0 Å². The summed E-state index contributed by atoms with van der Waals surface area (Å²) in [7, 11) is 1.85. The molecule has 1 rings (SSSR count). The van der Waals surface area contributed by atoms with Crippen LogP contribution < -0.4 is 0 Å². The van der Waals surface area contributed by atoms with E-state index < -0.39 is 0 Å². The highest BCUT2D eigenvalue weighted by atomic mass is 16.2. The van der Waals surface area contributed by atoms with Crippen molar-refractivity contribution in [3.05, 3.63) is 0 Å². The first-order valence-corrected chi connectivity index (χ1v) is 2.97. The minimum absolute atomic E-state index is 0.278. The fourth-order valence-electron chi connectivity index (χ4n) is 0.997. The van der Waals surface area contributed by atoms with E-state index in [0.717, 1.165) is 13.0 Å². The predicted octanol–water partition coefficient (Wildman–Crippen LogP) is 0.485. The Bertz CT molecular complexity index is 99.1. The lowest BCUT2D eigenvalue weighted by molar-refractivity contribution is -0.129. The van der Waals surface area contributed by atoms with Gasteiger partial charge in [-0.3, -0.25) is 4.79 Å². The van der Waals surface area contributed by atoms with Crippen molar-refractivity contribution in [1.82, 2.24) is 4.90 Å². The molecule has 0 aromatic rings. The normalized spacial score (nSPS) is 29.5. The molecule has 0 bridgehead atoms. The molecule has 0 aliphatic carbocycles. The fraction of sp³-hybridized carbons (Fsp3) is 0.833. The van der Waals surface area contributed by atoms with Gasteiger partial charge in [0, 0.05) is 19.5 Å². The van der Waals surface area contributed by atoms with Gasteiger partial charge in [0.15, 0.2) is 0 Å². The molecule has 1 aliphatic heterocycles. The Morgan fingerprint density at radius 1 is 1.75 bits per heavy atom. The maximum absolute atomic E-state index is 10.8. The van der Waals surface area contributed by atoms with Gasteiger partial charge in [0.05, 0.1) is 0 Å². The largest absolute Gasteiger partial charge is 0.346 e. The van der Waals surface area contributed by atoms with Gasteiger partial charge in [0.2, 0.25) is 5.91 Å². The van der Waals surface area contributed by atoms with Crippen LogP contribution in [-0.4, -0.2) is 24.4 Å². The van der Waals surface area contributed by atoms with Crippen LogP contribution in [0.4, 0.5) is 0 Å². The summed E-state index contributed by atoms with van der Waals surface area (Å²) < 4.78 is 0. The van der Waals surface area contributed by atoms with Crippen LogP contribution in [0, 0.1) is 5.92 Å². The molecule has 1 fully saturated rings. The van der Waals surface area contributed by atoms with Crippen molar-refractivity contribution in [2.75, 3.05) is 13.6 Å². The first-order chi connectivity index (χ1) is 3.72. The molecule has 1 amide bonds. The smallest absolute Gasteiger partial charge is 0.225 e. The summed E-state index contributed by atoms with van der Waals surface area (Å²) in [6, 6.07) is 0. The lowest BCUT2D eigenvalue weighted by Crippen LogP contribution is -2.21. The molecule has 0 aromatic heterocycles. The molecule has 1 saturated heterocycles. The molecule has 0 saturated carbocycles. The molecule has 8 heavy (non-hydrogen) atoms. The van der Waals surface area contributed by atoms with Gasteiger partial charge in [-0.05, 0) is 6.42 Å². The molecule has 0 radical (unpaired) electrons. The van der Waals surface area contributed by atoms with Crippen LogP contribution in [0.15, 0.2) is 0 Å². The van der Waals surface area contributed by atoms with Crippen molar-refractivity contribution < 1.29 is 4.79 Å². The van der Waals surface area contributed by atoms with Crippen LogP contribution in [0.5, 0.6) is 0 Å². The zero-order chi connectivity index (χ0) is 6.15. The number of hydrogen-bond acceptors (Lipinski definition) is 1. The first kappa shape index (κ1) is 5.60. The Morgan fingerprint density at radius 3 is 2.50 bits per heavy atom. The van der Waals surface area contributed by atoms with Gasteiger partial charge >= 0.3 is 0 Å². The first-order valence-electron chi connectivity index (χ1n) is 2.97. The number of hydrogen-bond donors (Lipinski definition) is 0. The van der Waals surface area contributed by atoms with Crippen molar-refractivity contribution in [2.45, 2.75) is 13.3 Å². The van der Waals surface area contributed by atoms with Crippen LogP contribution in [0.25, 0.3) is 0 Å². The van der Waals surface area contributed by atoms with Gasteiger partial charge < -0.3 is 4.90 Å². The molecular weight excluding hydrogens is 102 g/mol. The number of amides is 1. The Labute approximate surface area is 49.5 Å². The van der Waals surface area contributed by atoms with Crippen LogP contribution in [0.2, 0.25) is 0 Å². The number of rotatable bonds is 0. The molecule has 0 aromatic carbocycles.